The van der Waals surface area contributed by atoms with Crippen LogP contribution in [0.5, 0.6) is 0 Å². The van der Waals surface area contributed by atoms with Gasteiger partial charge in [-0.3, -0.25) is 4.98 Å². The summed E-state index contributed by atoms with van der Waals surface area (Å²) in [5, 5.41) is 0. The summed E-state index contributed by atoms with van der Waals surface area (Å²) in [4.78, 5) is 6.18. The van der Waals surface area contributed by atoms with Gasteiger partial charge in [0.15, 0.2) is 0 Å². The zero-order valence-electron chi connectivity index (χ0n) is 11.6. The van der Waals surface area contributed by atoms with Crippen molar-refractivity contribution in [3.05, 3.63) is 24.0 Å². The molecule has 3 N–H and O–H groups in total. The molecule has 1 rings (SSSR count). The Morgan fingerprint density at radius 2 is 2.11 bits per heavy atom. The fourth-order valence-corrected chi connectivity index (χ4v) is 2.76. The van der Waals surface area contributed by atoms with E-state index in [1.54, 1.807) is 6.07 Å². The SMILES string of the molecule is CC(CCN(C)C)NS(=O)(=O)c1ccc(CN)nc1. The number of hydrogen-bond donors (Lipinski definition) is 2. The summed E-state index contributed by atoms with van der Waals surface area (Å²) < 4.78 is 26.8. The summed E-state index contributed by atoms with van der Waals surface area (Å²) in [6.07, 6.45) is 2.09. The predicted molar refractivity (Wildman–Crippen MR) is 75.1 cm³/mol. The molecule has 0 aliphatic rings. The maximum absolute atomic E-state index is 12.1. The van der Waals surface area contributed by atoms with E-state index < -0.39 is 10.0 Å². The first-order valence-electron chi connectivity index (χ1n) is 6.17. The van der Waals surface area contributed by atoms with E-state index in [0.29, 0.717) is 12.2 Å². The first-order valence-corrected chi connectivity index (χ1v) is 7.65. The summed E-state index contributed by atoms with van der Waals surface area (Å²) in [6.45, 7) is 2.98. The van der Waals surface area contributed by atoms with Crippen molar-refractivity contribution in [1.29, 1.82) is 0 Å². The maximum Gasteiger partial charge on any atom is 0.242 e. The zero-order valence-corrected chi connectivity index (χ0v) is 12.4. The maximum atomic E-state index is 12.1. The molecule has 0 saturated heterocycles. The van der Waals surface area contributed by atoms with Crippen molar-refractivity contribution in [3.63, 3.8) is 0 Å². The Labute approximate surface area is 115 Å². The quantitative estimate of drug-likeness (QED) is 0.745. The fourth-order valence-electron chi connectivity index (χ4n) is 1.53. The van der Waals surface area contributed by atoms with Crippen LogP contribution in [0.2, 0.25) is 0 Å². The van der Waals surface area contributed by atoms with E-state index in [1.165, 1.54) is 12.3 Å². The van der Waals surface area contributed by atoms with Crippen LogP contribution in [0.25, 0.3) is 0 Å². The third kappa shape index (κ3) is 5.23. The van der Waals surface area contributed by atoms with E-state index in [0.717, 1.165) is 13.0 Å². The van der Waals surface area contributed by atoms with Crippen LogP contribution in [0.1, 0.15) is 19.0 Å². The van der Waals surface area contributed by atoms with Crippen LogP contribution >= 0.6 is 0 Å². The number of nitrogens with zero attached hydrogens (tertiary/aromatic N) is 2. The largest absolute Gasteiger partial charge is 0.325 e. The van der Waals surface area contributed by atoms with Crippen molar-refractivity contribution < 1.29 is 8.42 Å². The van der Waals surface area contributed by atoms with Gasteiger partial charge in [0.25, 0.3) is 0 Å². The van der Waals surface area contributed by atoms with Crippen molar-refractivity contribution in [2.45, 2.75) is 30.8 Å². The smallest absolute Gasteiger partial charge is 0.242 e. The van der Waals surface area contributed by atoms with Crippen LogP contribution in [0.4, 0.5) is 0 Å². The normalized spacial score (nSPS) is 13.7. The Balaban J connectivity index is 2.69. The van der Waals surface area contributed by atoms with Crippen molar-refractivity contribution in [3.8, 4) is 0 Å². The molecule has 1 atom stereocenters. The highest BCUT2D eigenvalue weighted by atomic mass is 32.2. The molecule has 0 spiro atoms. The molecule has 1 unspecified atom stereocenters. The molecule has 0 saturated carbocycles. The Bertz CT molecular complexity index is 485. The summed E-state index contributed by atoms with van der Waals surface area (Å²) in [7, 11) is 0.406. The molecule has 0 fully saturated rings. The predicted octanol–water partition coefficient (Wildman–Crippen LogP) is 0.159. The average molecular weight is 286 g/mol. The van der Waals surface area contributed by atoms with E-state index in [1.807, 2.05) is 25.9 Å². The molecule has 0 aliphatic heterocycles. The minimum Gasteiger partial charge on any atom is -0.325 e. The first kappa shape index (κ1) is 16.0. The van der Waals surface area contributed by atoms with Gasteiger partial charge in [0.1, 0.15) is 4.90 Å². The van der Waals surface area contributed by atoms with Crippen LogP contribution < -0.4 is 10.5 Å². The summed E-state index contributed by atoms with van der Waals surface area (Å²) in [5.74, 6) is 0. The van der Waals surface area contributed by atoms with Crippen LogP contribution in [0.3, 0.4) is 0 Å². The van der Waals surface area contributed by atoms with Gasteiger partial charge in [0, 0.05) is 18.8 Å². The average Bonchev–Trinajstić information content (AvgIpc) is 2.36. The highest BCUT2D eigenvalue weighted by molar-refractivity contribution is 7.89. The number of hydrogen-bond acceptors (Lipinski definition) is 5. The highest BCUT2D eigenvalue weighted by Crippen LogP contribution is 2.09. The van der Waals surface area contributed by atoms with E-state index >= 15 is 0 Å². The Kier molecular flexibility index (Phi) is 5.86. The Morgan fingerprint density at radius 1 is 1.42 bits per heavy atom. The van der Waals surface area contributed by atoms with E-state index in [4.69, 9.17) is 5.73 Å². The lowest BCUT2D eigenvalue weighted by Gasteiger charge is -2.16. The minimum absolute atomic E-state index is 0.124. The minimum atomic E-state index is -3.50. The molecule has 0 bridgehead atoms. The lowest BCUT2D eigenvalue weighted by Crippen LogP contribution is -2.34. The van der Waals surface area contributed by atoms with Gasteiger partial charge in [-0.25, -0.2) is 13.1 Å². The van der Waals surface area contributed by atoms with Gasteiger partial charge in [-0.05, 0) is 46.1 Å². The monoisotopic (exact) mass is 286 g/mol. The van der Waals surface area contributed by atoms with E-state index in [2.05, 4.69) is 9.71 Å². The molecule has 1 heterocycles. The summed E-state index contributed by atoms with van der Waals surface area (Å²) in [5.41, 5.74) is 6.09. The van der Waals surface area contributed by atoms with Gasteiger partial charge in [-0.15, -0.1) is 0 Å². The van der Waals surface area contributed by atoms with Gasteiger partial charge >= 0.3 is 0 Å². The molecule has 0 amide bonds. The molecular weight excluding hydrogens is 264 g/mol. The molecule has 1 aromatic rings. The van der Waals surface area contributed by atoms with Gasteiger partial charge in [0.05, 0.1) is 5.69 Å². The Morgan fingerprint density at radius 3 is 2.58 bits per heavy atom. The van der Waals surface area contributed by atoms with Gasteiger partial charge in [-0.2, -0.15) is 0 Å². The van der Waals surface area contributed by atoms with E-state index in [-0.39, 0.29) is 10.9 Å². The molecular formula is C12H22N4O2S. The third-order valence-corrected chi connectivity index (χ3v) is 4.26. The fraction of sp³-hybridized carbons (Fsp3) is 0.583. The molecule has 7 heteroatoms. The first-order chi connectivity index (χ1) is 8.85. The second-order valence-electron chi connectivity index (χ2n) is 4.80. The van der Waals surface area contributed by atoms with Crippen molar-refractivity contribution in [2.24, 2.45) is 5.73 Å². The number of rotatable bonds is 7. The molecule has 1 aromatic heterocycles. The van der Waals surface area contributed by atoms with Crippen LogP contribution in [-0.4, -0.2) is 45.0 Å². The summed E-state index contributed by atoms with van der Waals surface area (Å²) >= 11 is 0. The highest BCUT2D eigenvalue weighted by Gasteiger charge is 2.17. The molecule has 0 aliphatic carbocycles. The molecule has 0 aromatic carbocycles. The number of nitrogens with one attached hydrogen (secondary N) is 1. The van der Waals surface area contributed by atoms with Gasteiger partial charge < -0.3 is 10.6 Å². The topological polar surface area (TPSA) is 88.3 Å². The summed E-state index contributed by atoms with van der Waals surface area (Å²) in [6, 6.07) is 3.02. The lowest BCUT2D eigenvalue weighted by atomic mass is 10.2. The second kappa shape index (κ2) is 6.95. The molecule has 0 radical (unpaired) electrons. The lowest BCUT2D eigenvalue weighted by molar-refractivity contribution is 0.379. The van der Waals surface area contributed by atoms with Gasteiger partial charge in [-0.1, -0.05) is 0 Å². The number of aromatic nitrogens is 1. The number of pyridine rings is 1. The molecule has 6 nitrogen and oxygen atoms in total. The molecule has 19 heavy (non-hydrogen) atoms. The number of sulfonamides is 1. The third-order valence-electron chi connectivity index (χ3n) is 2.68. The van der Waals surface area contributed by atoms with Gasteiger partial charge in [0.2, 0.25) is 10.0 Å². The number of nitrogens with two attached hydrogens (primary N) is 1. The van der Waals surface area contributed by atoms with Crippen molar-refractivity contribution in [1.82, 2.24) is 14.6 Å². The van der Waals surface area contributed by atoms with Crippen LogP contribution in [0, 0.1) is 0 Å². The van der Waals surface area contributed by atoms with Crippen molar-refractivity contribution >= 4 is 10.0 Å². The molecule has 108 valence electrons. The Hall–Kier alpha value is -1.02. The van der Waals surface area contributed by atoms with Crippen LogP contribution in [-0.2, 0) is 16.6 Å². The zero-order chi connectivity index (χ0) is 14.5. The standard InChI is InChI=1S/C12H22N4O2S/c1-10(6-7-16(2)3)15-19(17,18)12-5-4-11(8-13)14-9-12/h4-5,9-10,15H,6-8,13H2,1-3H3. The van der Waals surface area contributed by atoms with E-state index in [9.17, 15) is 8.42 Å². The van der Waals surface area contributed by atoms with Crippen molar-refractivity contribution in [2.75, 3.05) is 20.6 Å². The second-order valence-corrected chi connectivity index (χ2v) is 6.52. The van der Waals surface area contributed by atoms with Crippen LogP contribution in [0.15, 0.2) is 23.2 Å².